The summed E-state index contributed by atoms with van der Waals surface area (Å²) in [6.45, 7) is 5.82. The largest absolute Gasteiger partial charge is 0.354 e. The molecular weight excluding hydrogens is 220 g/mol. The van der Waals surface area contributed by atoms with E-state index in [9.17, 15) is 0 Å². The summed E-state index contributed by atoms with van der Waals surface area (Å²) in [7, 11) is 3.26. The van der Waals surface area contributed by atoms with Crippen molar-refractivity contribution in [1.82, 2.24) is 20.3 Å². The molecular formula is C11H22N4O2. The van der Waals surface area contributed by atoms with Crippen LogP contribution in [0.15, 0.2) is 6.20 Å². The van der Waals surface area contributed by atoms with E-state index in [0.717, 1.165) is 25.2 Å². The lowest BCUT2D eigenvalue weighted by molar-refractivity contribution is -0.125. The Hall–Kier alpha value is -0.980. The summed E-state index contributed by atoms with van der Waals surface area (Å²) in [5, 5.41) is 11.4. The molecule has 0 aliphatic carbocycles. The van der Waals surface area contributed by atoms with Crippen LogP contribution in [0.5, 0.6) is 0 Å². The second kappa shape index (κ2) is 7.37. The number of rotatable bonds is 8. The van der Waals surface area contributed by atoms with E-state index in [0.29, 0.717) is 0 Å². The van der Waals surface area contributed by atoms with Gasteiger partial charge in [0.25, 0.3) is 0 Å². The van der Waals surface area contributed by atoms with E-state index in [2.05, 4.69) is 22.6 Å². The monoisotopic (exact) mass is 242 g/mol. The molecule has 6 heteroatoms. The predicted molar refractivity (Wildman–Crippen MR) is 64.5 cm³/mol. The van der Waals surface area contributed by atoms with Gasteiger partial charge in [0.2, 0.25) is 0 Å². The van der Waals surface area contributed by atoms with E-state index in [-0.39, 0.29) is 12.3 Å². The number of likely N-dealkylation sites (N-methyl/N-ethyl adjacent to an activating group) is 1. The summed E-state index contributed by atoms with van der Waals surface area (Å²) in [6, 6.07) is -0.0588. The average molecular weight is 242 g/mol. The average Bonchev–Trinajstić information content (AvgIpc) is 2.78. The molecule has 1 atom stereocenters. The molecule has 0 aliphatic heterocycles. The van der Waals surface area contributed by atoms with Gasteiger partial charge < -0.3 is 14.8 Å². The van der Waals surface area contributed by atoms with Crippen molar-refractivity contribution < 1.29 is 9.47 Å². The predicted octanol–water partition coefficient (Wildman–Crippen LogP) is 0.958. The van der Waals surface area contributed by atoms with Gasteiger partial charge in [0.05, 0.1) is 11.9 Å². The Morgan fingerprint density at radius 3 is 2.59 bits per heavy atom. The topological polar surface area (TPSA) is 61.2 Å². The lowest BCUT2D eigenvalue weighted by Crippen LogP contribution is -2.36. The Morgan fingerprint density at radius 1 is 1.35 bits per heavy atom. The number of methoxy groups -OCH3 is 2. The fourth-order valence-corrected chi connectivity index (χ4v) is 1.82. The minimum absolute atomic E-state index is 0.0588. The van der Waals surface area contributed by atoms with Gasteiger partial charge in [-0.3, -0.25) is 0 Å². The van der Waals surface area contributed by atoms with E-state index < -0.39 is 0 Å². The minimum atomic E-state index is -0.343. The van der Waals surface area contributed by atoms with Crippen molar-refractivity contribution in [3.05, 3.63) is 11.9 Å². The highest BCUT2D eigenvalue weighted by molar-refractivity contribution is 5.03. The molecule has 0 fully saturated rings. The van der Waals surface area contributed by atoms with Crippen LogP contribution in [0.4, 0.5) is 0 Å². The number of aromatic nitrogens is 3. The van der Waals surface area contributed by atoms with E-state index in [1.54, 1.807) is 20.4 Å². The molecule has 1 rings (SSSR count). The number of aryl methyl sites for hydroxylation is 1. The Labute approximate surface area is 102 Å². The number of hydrogen-bond acceptors (Lipinski definition) is 5. The number of nitrogens with one attached hydrogen (secondary N) is 1. The van der Waals surface area contributed by atoms with E-state index >= 15 is 0 Å². The van der Waals surface area contributed by atoms with Crippen molar-refractivity contribution in [1.29, 1.82) is 0 Å². The molecule has 1 heterocycles. The first-order chi connectivity index (χ1) is 8.28. The molecule has 0 aromatic carbocycles. The summed E-state index contributed by atoms with van der Waals surface area (Å²) in [5.74, 6) is 0. The van der Waals surface area contributed by atoms with Gasteiger partial charge in [-0.1, -0.05) is 19.1 Å². The normalized spacial score (nSPS) is 13.2. The van der Waals surface area contributed by atoms with Crippen LogP contribution in [0.1, 0.15) is 32.0 Å². The van der Waals surface area contributed by atoms with Crippen molar-refractivity contribution in [3.63, 3.8) is 0 Å². The fraction of sp³-hybridized carbons (Fsp3) is 0.818. The van der Waals surface area contributed by atoms with Crippen LogP contribution in [0.25, 0.3) is 0 Å². The van der Waals surface area contributed by atoms with Crippen molar-refractivity contribution in [3.8, 4) is 0 Å². The molecule has 17 heavy (non-hydrogen) atoms. The molecule has 98 valence electrons. The van der Waals surface area contributed by atoms with Gasteiger partial charge in [-0.05, 0) is 13.0 Å². The molecule has 0 spiro atoms. The highest BCUT2D eigenvalue weighted by Gasteiger charge is 2.25. The lowest BCUT2D eigenvalue weighted by atomic mass is 10.2. The summed E-state index contributed by atoms with van der Waals surface area (Å²) >= 11 is 0. The Morgan fingerprint density at radius 2 is 2.06 bits per heavy atom. The third-order valence-electron chi connectivity index (χ3n) is 2.56. The maximum atomic E-state index is 5.32. The highest BCUT2D eigenvalue weighted by atomic mass is 16.7. The molecule has 0 saturated carbocycles. The van der Waals surface area contributed by atoms with Gasteiger partial charge in [0, 0.05) is 20.8 Å². The van der Waals surface area contributed by atoms with Crippen molar-refractivity contribution in [2.24, 2.45) is 0 Å². The Balaban J connectivity index is 2.91. The summed E-state index contributed by atoms with van der Waals surface area (Å²) in [4.78, 5) is 0. The first-order valence-electron chi connectivity index (χ1n) is 5.95. The molecule has 0 amide bonds. The molecule has 0 bridgehead atoms. The van der Waals surface area contributed by atoms with E-state index in [1.165, 1.54) is 0 Å². The van der Waals surface area contributed by atoms with E-state index in [4.69, 9.17) is 9.47 Å². The van der Waals surface area contributed by atoms with Crippen LogP contribution in [0.3, 0.4) is 0 Å². The molecule has 1 aromatic heterocycles. The highest BCUT2D eigenvalue weighted by Crippen LogP contribution is 2.18. The molecule has 1 N–H and O–H groups in total. The molecule has 6 nitrogen and oxygen atoms in total. The molecule has 0 saturated heterocycles. The van der Waals surface area contributed by atoms with Crippen LogP contribution >= 0.6 is 0 Å². The SMILES string of the molecule is CCCn1nncc1C(NCC)C(OC)OC. The minimum Gasteiger partial charge on any atom is -0.354 e. The fourth-order valence-electron chi connectivity index (χ4n) is 1.82. The summed E-state index contributed by atoms with van der Waals surface area (Å²) < 4.78 is 12.5. The lowest BCUT2D eigenvalue weighted by Gasteiger charge is -2.25. The van der Waals surface area contributed by atoms with Gasteiger partial charge in [-0.2, -0.15) is 0 Å². The smallest absolute Gasteiger partial charge is 0.177 e. The summed E-state index contributed by atoms with van der Waals surface area (Å²) in [6.07, 6.45) is 2.43. The number of ether oxygens (including phenoxy) is 2. The zero-order valence-corrected chi connectivity index (χ0v) is 11.0. The quantitative estimate of drug-likeness (QED) is 0.688. The third kappa shape index (κ3) is 3.49. The van der Waals surface area contributed by atoms with Crippen molar-refractivity contribution >= 4 is 0 Å². The molecule has 0 aliphatic rings. The first kappa shape index (κ1) is 14.1. The van der Waals surface area contributed by atoms with E-state index in [1.807, 2.05) is 11.6 Å². The molecule has 1 aromatic rings. The Kier molecular flexibility index (Phi) is 6.10. The van der Waals surface area contributed by atoms with Gasteiger partial charge in [0.15, 0.2) is 6.29 Å². The molecule has 0 radical (unpaired) electrons. The maximum Gasteiger partial charge on any atom is 0.177 e. The van der Waals surface area contributed by atoms with Crippen LogP contribution in [0.2, 0.25) is 0 Å². The second-order valence-corrected chi connectivity index (χ2v) is 3.76. The zero-order valence-electron chi connectivity index (χ0n) is 11.0. The van der Waals surface area contributed by atoms with Gasteiger partial charge in [-0.15, -0.1) is 5.10 Å². The zero-order chi connectivity index (χ0) is 12.7. The summed E-state index contributed by atoms with van der Waals surface area (Å²) in [5.41, 5.74) is 0.988. The van der Waals surface area contributed by atoms with Crippen LogP contribution in [-0.4, -0.2) is 42.0 Å². The van der Waals surface area contributed by atoms with Crippen LogP contribution in [0, 0.1) is 0 Å². The maximum absolute atomic E-state index is 5.32. The Bertz CT molecular complexity index is 312. The number of nitrogens with zero attached hydrogens (tertiary/aromatic N) is 3. The number of hydrogen-bond donors (Lipinski definition) is 1. The standard InChI is InChI=1S/C11H22N4O2/c1-5-7-15-9(8-13-14-15)10(12-6-2)11(16-3)17-4/h8,10-12H,5-7H2,1-4H3. The van der Waals surface area contributed by atoms with Crippen molar-refractivity contribution in [2.75, 3.05) is 20.8 Å². The first-order valence-corrected chi connectivity index (χ1v) is 5.95. The van der Waals surface area contributed by atoms with Crippen LogP contribution in [-0.2, 0) is 16.0 Å². The van der Waals surface area contributed by atoms with Gasteiger partial charge in [-0.25, -0.2) is 4.68 Å². The van der Waals surface area contributed by atoms with Gasteiger partial charge in [0.1, 0.15) is 6.04 Å². The molecule has 1 unspecified atom stereocenters. The van der Waals surface area contributed by atoms with Crippen molar-refractivity contribution in [2.45, 2.75) is 39.1 Å². The van der Waals surface area contributed by atoms with Crippen LogP contribution < -0.4 is 5.32 Å². The third-order valence-corrected chi connectivity index (χ3v) is 2.56. The second-order valence-electron chi connectivity index (χ2n) is 3.76. The van der Waals surface area contributed by atoms with Gasteiger partial charge >= 0.3 is 0 Å².